The third-order valence-corrected chi connectivity index (χ3v) is 5.79. The minimum absolute atomic E-state index is 0.151. The van der Waals surface area contributed by atoms with Crippen molar-refractivity contribution in [2.75, 3.05) is 13.1 Å². The number of sulfonamides is 1. The molecule has 1 saturated heterocycles. The van der Waals surface area contributed by atoms with Crippen LogP contribution in [-0.2, 0) is 16.4 Å². The molecule has 0 aliphatic carbocycles. The van der Waals surface area contributed by atoms with Gasteiger partial charge in [-0.1, -0.05) is 6.92 Å². The number of rotatable bonds is 4. The summed E-state index contributed by atoms with van der Waals surface area (Å²) in [6.45, 7) is 3.10. The maximum absolute atomic E-state index is 12.6. The van der Waals surface area contributed by atoms with Crippen molar-refractivity contribution in [2.45, 2.75) is 37.1 Å². The first-order chi connectivity index (χ1) is 10.1. The molecule has 0 aromatic carbocycles. The van der Waals surface area contributed by atoms with Crippen LogP contribution >= 0.6 is 0 Å². The molecule has 1 atom stereocenters. The average molecular weight is 309 g/mol. The molecule has 1 unspecified atom stereocenters. The van der Waals surface area contributed by atoms with Gasteiger partial charge in [0.2, 0.25) is 10.0 Å². The molecule has 114 valence electrons. The highest BCUT2D eigenvalue weighted by Crippen LogP contribution is 2.27. The Kier molecular flexibility index (Phi) is 3.86. The lowest BCUT2D eigenvalue weighted by molar-refractivity contribution is 0.263. The van der Waals surface area contributed by atoms with Crippen LogP contribution in [0.5, 0.6) is 0 Å². The zero-order valence-corrected chi connectivity index (χ0v) is 12.8. The number of imidazole rings is 1. The summed E-state index contributed by atoms with van der Waals surface area (Å²) < 4.78 is 33.7. The maximum Gasteiger partial charge on any atom is 0.246 e. The average Bonchev–Trinajstić information content (AvgIpc) is 3.18. The van der Waals surface area contributed by atoms with Gasteiger partial charge in [0.05, 0.1) is 6.26 Å². The zero-order chi connectivity index (χ0) is 14.9. The van der Waals surface area contributed by atoms with Gasteiger partial charge in [0.1, 0.15) is 17.0 Å². The quantitative estimate of drug-likeness (QED) is 0.867. The van der Waals surface area contributed by atoms with Crippen LogP contribution in [0, 0.1) is 0 Å². The van der Waals surface area contributed by atoms with Gasteiger partial charge in [0, 0.05) is 37.9 Å². The summed E-state index contributed by atoms with van der Waals surface area (Å²) in [6.07, 6.45) is 9.06. The summed E-state index contributed by atoms with van der Waals surface area (Å²) in [4.78, 5) is 4.55. The van der Waals surface area contributed by atoms with Gasteiger partial charge in [-0.3, -0.25) is 0 Å². The van der Waals surface area contributed by atoms with Crippen molar-refractivity contribution in [1.82, 2.24) is 13.9 Å². The van der Waals surface area contributed by atoms with Gasteiger partial charge in [-0.15, -0.1) is 0 Å². The fourth-order valence-electron chi connectivity index (χ4n) is 2.86. The van der Waals surface area contributed by atoms with Gasteiger partial charge in [-0.2, -0.15) is 4.31 Å². The Hall–Kier alpha value is -1.60. The molecular formula is C14H19N3O3S. The van der Waals surface area contributed by atoms with Crippen LogP contribution in [0.15, 0.2) is 40.3 Å². The van der Waals surface area contributed by atoms with Crippen molar-refractivity contribution >= 4 is 10.0 Å². The van der Waals surface area contributed by atoms with E-state index in [1.165, 1.54) is 18.6 Å². The van der Waals surface area contributed by atoms with Crippen LogP contribution in [0.25, 0.3) is 0 Å². The Morgan fingerprint density at radius 2 is 2.33 bits per heavy atom. The lowest BCUT2D eigenvalue weighted by Gasteiger charge is -2.33. The van der Waals surface area contributed by atoms with Gasteiger partial charge in [-0.25, -0.2) is 13.4 Å². The van der Waals surface area contributed by atoms with E-state index in [-0.39, 0.29) is 10.9 Å². The van der Waals surface area contributed by atoms with E-state index < -0.39 is 10.0 Å². The van der Waals surface area contributed by atoms with Crippen LogP contribution in [0.1, 0.15) is 31.6 Å². The van der Waals surface area contributed by atoms with Gasteiger partial charge in [0.15, 0.2) is 0 Å². The van der Waals surface area contributed by atoms with E-state index in [2.05, 4.69) is 16.5 Å². The topological polar surface area (TPSA) is 68.3 Å². The van der Waals surface area contributed by atoms with Gasteiger partial charge in [0.25, 0.3) is 0 Å². The molecule has 0 radical (unpaired) electrons. The molecule has 3 rings (SSSR count). The highest BCUT2D eigenvalue weighted by Gasteiger charge is 2.31. The molecule has 3 heterocycles. The Morgan fingerprint density at radius 1 is 1.48 bits per heavy atom. The van der Waals surface area contributed by atoms with Crippen LogP contribution in [0.4, 0.5) is 0 Å². The molecule has 1 aliphatic rings. The van der Waals surface area contributed by atoms with E-state index in [0.29, 0.717) is 13.1 Å². The smallest absolute Gasteiger partial charge is 0.246 e. The van der Waals surface area contributed by atoms with E-state index in [1.807, 2.05) is 6.20 Å². The third kappa shape index (κ3) is 2.63. The molecule has 0 N–H and O–H groups in total. The van der Waals surface area contributed by atoms with E-state index >= 15 is 0 Å². The lowest BCUT2D eigenvalue weighted by atomic mass is 10.1. The van der Waals surface area contributed by atoms with E-state index in [4.69, 9.17) is 4.42 Å². The second-order valence-electron chi connectivity index (χ2n) is 5.22. The van der Waals surface area contributed by atoms with Gasteiger partial charge < -0.3 is 8.98 Å². The standard InChI is InChI=1S/C14H19N3O3S/c1-2-14-15-6-8-17(14)12-4-3-7-16(10-12)21(18,19)13-5-9-20-11-13/h5-6,8-9,11-12H,2-4,7,10H2,1H3. The predicted molar refractivity (Wildman–Crippen MR) is 77.3 cm³/mol. The van der Waals surface area contributed by atoms with Crippen LogP contribution < -0.4 is 0 Å². The van der Waals surface area contributed by atoms with Gasteiger partial charge >= 0.3 is 0 Å². The summed E-state index contributed by atoms with van der Waals surface area (Å²) >= 11 is 0. The molecule has 0 bridgehead atoms. The number of hydrogen-bond acceptors (Lipinski definition) is 4. The summed E-state index contributed by atoms with van der Waals surface area (Å²) in [6, 6.07) is 1.64. The molecule has 0 amide bonds. The molecule has 21 heavy (non-hydrogen) atoms. The summed E-state index contributed by atoms with van der Waals surface area (Å²) in [5, 5.41) is 0. The molecule has 2 aromatic heterocycles. The number of hydrogen-bond donors (Lipinski definition) is 0. The number of aryl methyl sites for hydroxylation is 1. The maximum atomic E-state index is 12.6. The molecular weight excluding hydrogens is 290 g/mol. The molecule has 1 aliphatic heterocycles. The van der Waals surface area contributed by atoms with E-state index in [9.17, 15) is 8.42 Å². The first-order valence-electron chi connectivity index (χ1n) is 7.17. The van der Waals surface area contributed by atoms with Crippen molar-refractivity contribution in [3.63, 3.8) is 0 Å². The molecule has 2 aromatic rings. The van der Waals surface area contributed by atoms with Crippen molar-refractivity contribution in [3.8, 4) is 0 Å². The van der Waals surface area contributed by atoms with Crippen molar-refractivity contribution in [3.05, 3.63) is 36.8 Å². The molecule has 0 saturated carbocycles. The largest absolute Gasteiger partial charge is 0.471 e. The summed E-state index contributed by atoms with van der Waals surface area (Å²) in [7, 11) is -3.46. The Morgan fingerprint density at radius 3 is 3.05 bits per heavy atom. The third-order valence-electron chi connectivity index (χ3n) is 3.95. The molecule has 7 heteroatoms. The Bertz CT molecular complexity index is 691. The number of nitrogens with zero attached hydrogens (tertiary/aromatic N) is 3. The minimum atomic E-state index is -3.46. The molecule has 6 nitrogen and oxygen atoms in total. The Labute approximate surface area is 124 Å². The monoisotopic (exact) mass is 309 g/mol. The zero-order valence-electron chi connectivity index (χ0n) is 12.0. The highest BCUT2D eigenvalue weighted by atomic mass is 32.2. The Balaban J connectivity index is 1.84. The van der Waals surface area contributed by atoms with Crippen LogP contribution in [0.2, 0.25) is 0 Å². The first kappa shape index (κ1) is 14.3. The molecule has 0 spiro atoms. The van der Waals surface area contributed by atoms with Crippen LogP contribution in [0.3, 0.4) is 0 Å². The summed E-state index contributed by atoms with van der Waals surface area (Å²) in [5.41, 5.74) is 0. The first-order valence-corrected chi connectivity index (χ1v) is 8.61. The number of furan rings is 1. The molecule has 1 fully saturated rings. The van der Waals surface area contributed by atoms with Crippen molar-refractivity contribution in [2.24, 2.45) is 0 Å². The number of aromatic nitrogens is 2. The number of piperidine rings is 1. The highest BCUT2D eigenvalue weighted by molar-refractivity contribution is 7.89. The minimum Gasteiger partial charge on any atom is -0.471 e. The van der Waals surface area contributed by atoms with E-state index in [1.54, 1.807) is 10.5 Å². The fourth-order valence-corrected chi connectivity index (χ4v) is 4.30. The van der Waals surface area contributed by atoms with Crippen molar-refractivity contribution in [1.29, 1.82) is 0 Å². The summed E-state index contributed by atoms with van der Waals surface area (Å²) in [5.74, 6) is 1.00. The second-order valence-corrected chi connectivity index (χ2v) is 7.16. The predicted octanol–water partition coefficient (Wildman–Crippen LogP) is 2.06. The van der Waals surface area contributed by atoms with E-state index in [0.717, 1.165) is 25.1 Å². The van der Waals surface area contributed by atoms with Crippen molar-refractivity contribution < 1.29 is 12.8 Å². The normalized spacial score (nSPS) is 20.7. The SMILES string of the molecule is CCc1nccn1C1CCCN(S(=O)(=O)c2ccoc2)C1. The fraction of sp³-hybridized carbons (Fsp3) is 0.500. The van der Waals surface area contributed by atoms with Gasteiger partial charge in [-0.05, 0) is 18.9 Å². The van der Waals surface area contributed by atoms with Crippen LogP contribution in [-0.4, -0.2) is 35.4 Å². The lowest BCUT2D eigenvalue weighted by Crippen LogP contribution is -2.40. The second kappa shape index (κ2) is 5.65.